The van der Waals surface area contributed by atoms with Crippen molar-refractivity contribution in [3.8, 4) is 0 Å². The van der Waals surface area contributed by atoms with Crippen LogP contribution in [0.4, 0.5) is 0 Å². The minimum atomic E-state index is -0.299. The van der Waals surface area contributed by atoms with E-state index < -0.39 is 0 Å². The molecule has 1 heterocycles. The van der Waals surface area contributed by atoms with E-state index in [4.69, 9.17) is 4.74 Å². The molecule has 1 aliphatic rings. The molecule has 0 unspecified atom stereocenters. The molecule has 5 nitrogen and oxygen atoms in total. The summed E-state index contributed by atoms with van der Waals surface area (Å²) in [5.74, 6) is -0.0311. The van der Waals surface area contributed by atoms with Gasteiger partial charge in [0.15, 0.2) is 0 Å². The Bertz CT molecular complexity index is 667. The van der Waals surface area contributed by atoms with Crippen LogP contribution in [0.15, 0.2) is 53.2 Å². The van der Waals surface area contributed by atoms with Crippen molar-refractivity contribution in [2.24, 2.45) is 4.99 Å². The first-order valence-electron chi connectivity index (χ1n) is 6.83. The van der Waals surface area contributed by atoms with Gasteiger partial charge in [0.2, 0.25) is 0 Å². The SMILES string of the molecule is C=C/C(OC)=C(\C)C(CN1C(=O)c2ccccc2C1=O)=NC. The number of carbonyl (C=O) groups excluding carboxylic acids is 2. The van der Waals surface area contributed by atoms with E-state index in [1.54, 1.807) is 37.4 Å². The van der Waals surface area contributed by atoms with Gasteiger partial charge in [-0.05, 0) is 25.1 Å². The number of allylic oxidation sites excluding steroid dienone is 1. The van der Waals surface area contributed by atoms with Gasteiger partial charge in [-0.3, -0.25) is 19.5 Å². The number of fused-ring (bicyclic) bond motifs is 1. The lowest BCUT2D eigenvalue weighted by atomic mass is 10.1. The highest BCUT2D eigenvalue weighted by Crippen LogP contribution is 2.23. The van der Waals surface area contributed by atoms with E-state index >= 15 is 0 Å². The Hall–Kier alpha value is -2.69. The fourth-order valence-corrected chi connectivity index (χ4v) is 2.42. The lowest BCUT2D eigenvalue weighted by Crippen LogP contribution is -2.35. The molecular weight excluding hydrogens is 280 g/mol. The molecule has 22 heavy (non-hydrogen) atoms. The second-order valence-electron chi connectivity index (χ2n) is 4.81. The smallest absolute Gasteiger partial charge is 0.261 e. The molecule has 1 aromatic rings. The Morgan fingerprint density at radius 1 is 1.27 bits per heavy atom. The second kappa shape index (κ2) is 6.39. The predicted molar refractivity (Wildman–Crippen MR) is 85.1 cm³/mol. The standard InChI is InChI=1S/C17H18N2O3/c1-5-15(22-4)11(2)14(18-3)10-19-16(20)12-8-6-7-9-13(12)17(19)21/h5-9H,1,10H2,2-4H3/b15-11-,18-14?. The number of aliphatic imine (C=N–C) groups is 1. The number of amides is 2. The minimum absolute atomic E-state index is 0.107. The molecule has 0 saturated carbocycles. The lowest BCUT2D eigenvalue weighted by Gasteiger charge is -2.17. The van der Waals surface area contributed by atoms with Crippen molar-refractivity contribution in [1.29, 1.82) is 0 Å². The normalized spacial score (nSPS) is 15.6. The van der Waals surface area contributed by atoms with Gasteiger partial charge in [0.05, 0.1) is 30.5 Å². The zero-order valence-electron chi connectivity index (χ0n) is 12.9. The summed E-state index contributed by atoms with van der Waals surface area (Å²) in [6.45, 7) is 5.61. The van der Waals surface area contributed by atoms with Crippen molar-refractivity contribution in [3.63, 3.8) is 0 Å². The van der Waals surface area contributed by atoms with Gasteiger partial charge in [-0.25, -0.2) is 0 Å². The Labute approximate surface area is 129 Å². The molecule has 2 rings (SSSR count). The molecule has 0 aromatic heterocycles. The first kappa shape index (κ1) is 15.7. The Morgan fingerprint density at radius 2 is 1.82 bits per heavy atom. The molecule has 0 spiro atoms. The average molecular weight is 298 g/mol. The molecule has 0 saturated heterocycles. The summed E-state index contributed by atoms with van der Waals surface area (Å²) in [5, 5.41) is 0. The molecule has 5 heteroatoms. The Morgan fingerprint density at radius 3 is 2.23 bits per heavy atom. The number of rotatable bonds is 5. The van der Waals surface area contributed by atoms with Gasteiger partial charge in [-0.15, -0.1) is 0 Å². The largest absolute Gasteiger partial charge is 0.496 e. The van der Waals surface area contributed by atoms with Crippen LogP contribution >= 0.6 is 0 Å². The van der Waals surface area contributed by atoms with Gasteiger partial charge >= 0.3 is 0 Å². The van der Waals surface area contributed by atoms with E-state index in [0.29, 0.717) is 22.6 Å². The summed E-state index contributed by atoms with van der Waals surface area (Å²) in [5.41, 5.74) is 2.21. The summed E-state index contributed by atoms with van der Waals surface area (Å²) in [4.78, 5) is 30.1. The second-order valence-corrected chi connectivity index (χ2v) is 4.81. The average Bonchev–Trinajstić information content (AvgIpc) is 2.78. The Kier molecular flexibility index (Phi) is 4.56. The number of hydrogen-bond acceptors (Lipinski definition) is 4. The number of hydrogen-bond donors (Lipinski definition) is 0. The van der Waals surface area contributed by atoms with E-state index in [2.05, 4.69) is 11.6 Å². The van der Waals surface area contributed by atoms with Crippen molar-refractivity contribution < 1.29 is 14.3 Å². The first-order chi connectivity index (χ1) is 10.5. The van der Waals surface area contributed by atoms with Crippen molar-refractivity contribution in [3.05, 3.63) is 59.4 Å². The number of nitrogens with zero attached hydrogens (tertiary/aromatic N) is 2. The monoisotopic (exact) mass is 298 g/mol. The van der Waals surface area contributed by atoms with Gasteiger partial charge < -0.3 is 4.74 Å². The highest BCUT2D eigenvalue weighted by molar-refractivity contribution is 6.23. The van der Waals surface area contributed by atoms with Gasteiger partial charge in [-0.2, -0.15) is 0 Å². The lowest BCUT2D eigenvalue weighted by molar-refractivity contribution is 0.0677. The molecule has 1 aromatic carbocycles. The third-order valence-corrected chi connectivity index (χ3v) is 3.66. The van der Waals surface area contributed by atoms with Gasteiger partial charge in [0, 0.05) is 12.6 Å². The summed E-state index contributed by atoms with van der Waals surface area (Å²) < 4.78 is 5.22. The van der Waals surface area contributed by atoms with Crippen LogP contribution in [0.3, 0.4) is 0 Å². The zero-order chi connectivity index (χ0) is 16.3. The molecule has 0 N–H and O–H groups in total. The van der Waals surface area contributed by atoms with Crippen LogP contribution in [-0.4, -0.2) is 43.1 Å². The van der Waals surface area contributed by atoms with Crippen molar-refractivity contribution >= 4 is 17.5 Å². The minimum Gasteiger partial charge on any atom is -0.496 e. The number of imide groups is 1. The molecule has 1 aliphatic heterocycles. The maximum atomic E-state index is 12.4. The number of methoxy groups -OCH3 is 1. The van der Waals surface area contributed by atoms with Crippen molar-refractivity contribution in [1.82, 2.24) is 4.90 Å². The molecule has 0 radical (unpaired) electrons. The summed E-state index contributed by atoms with van der Waals surface area (Å²) in [6.07, 6.45) is 1.57. The molecule has 0 fully saturated rings. The zero-order valence-corrected chi connectivity index (χ0v) is 12.9. The fourth-order valence-electron chi connectivity index (χ4n) is 2.42. The van der Waals surface area contributed by atoms with Crippen LogP contribution in [0.1, 0.15) is 27.6 Å². The topological polar surface area (TPSA) is 59.0 Å². The van der Waals surface area contributed by atoms with Crippen molar-refractivity contribution in [2.75, 3.05) is 20.7 Å². The van der Waals surface area contributed by atoms with E-state index in [1.165, 1.54) is 12.0 Å². The van der Waals surface area contributed by atoms with Gasteiger partial charge in [0.1, 0.15) is 5.76 Å². The number of ether oxygens (including phenoxy) is 1. The summed E-state index contributed by atoms with van der Waals surface area (Å²) in [7, 11) is 3.16. The quantitative estimate of drug-likeness (QED) is 0.363. The van der Waals surface area contributed by atoms with Crippen LogP contribution in [0.5, 0.6) is 0 Å². The van der Waals surface area contributed by atoms with Crippen LogP contribution in [0.2, 0.25) is 0 Å². The third kappa shape index (κ3) is 2.57. The predicted octanol–water partition coefficient (Wildman–Crippen LogP) is 2.46. The van der Waals surface area contributed by atoms with Crippen LogP contribution in [-0.2, 0) is 4.74 Å². The highest BCUT2D eigenvalue weighted by Gasteiger charge is 2.35. The Balaban J connectivity index is 2.32. The summed E-state index contributed by atoms with van der Waals surface area (Å²) >= 11 is 0. The van der Waals surface area contributed by atoms with Crippen LogP contribution in [0.25, 0.3) is 0 Å². The van der Waals surface area contributed by atoms with E-state index in [-0.39, 0.29) is 18.4 Å². The van der Waals surface area contributed by atoms with Crippen LogP contribution in [0, 0.1) is 0 Å². The molecule has 114 valence electrons. The molecule has 2 amide bonds. The van der Waals surface area contributed by atoms with Gasteiger partial charge in [0.25, 0.3) is 11.8 Å². The fraction of sp³-hybridized carbons (Fsp3) is 0.235. The van der Waals surface area contributed by atoms with E-state index in [0.717, 1.165) is 5.57 Å². The molecule has 0 aliphatic carbocycles. The number of benzene rings is 1. The highest BCUT2D eigenvalue weighted by atomic mass is 16.5. The van der Waals surface area contributed by atoms with Crippen molar-refractivity contribution in [2.45, 2.75) is 6.92 Å². The third-order valence-electron chi connectivity index (χ3n) is 3.66. The van der Waals surface area contributed by atoms with Crippen LogP contribution < -0.4 is 0 Å². The first-order valence-corrected chi connectivity index (χ1v) is 6.83. The number of carbonyl (C=O) groups is 2. The van der Waals surface area contributed by atoms with Gasteiger partial charge in [-0.1, -0.05) is 18.7 Å². The maximum Gasteiger partial charge on any atom is 0.261 e. The molecular formula is C17H18N2O3. The van der Waals surface area contributed by atoms with E-state index in [1.807, 2.05) is 6.92 Å². The van der Waals surface area contributed by atoms with E-state index in [9.17, 15) is 9.59 Å². The summed E-state index contributed by atoms with van der Waals surface area (Å²) in [6, 6.07) is 6.80. The molecule has 0 atom stereocenters. The molecule has 0 bridgehead atoms. The maximum absolute atomic E-state index is 12.4.